The number of thiophene rings is 1. The average Bonchev–Trinajstić information content (AvgIpc) is 2.64. The lowest BCUT2D eigenvalue weighted by Crippen LogP contribution is -2.04. The van der Waals surface area contributed by atoms with Gasteiger partial charge in [-0.15, -0.1) is 11.3 Å². The van der Waals surface area contributed by atoms with Gasteiger partial charge in [-0.1, -0.05) is 13.8 Å². The van der Waals surface area contributed by atoms with Crippen molar-refractivity contribution in [1.29, 1.82) is 0 Å². The summed E-state index contributed by atoms with van der Waals surface area (Å²) < 4.78 is 1.37. The van der Waals surface area contributed by atoms with Crippen molar-refractivity contribution >= 4 is 27.1 Å². The highest BCUT2D eigenvalue weighted by Gasteiger charge is 1.97. The number of hydrogen-bond donors (Lipinski definition) is 1. The monoisotopic (exact) mass is 219 g/mol. The van der Waals surface area contributed by atoms with E-state index >= 15 is 0 Å². The molecule has 15 heavy (non-hydrogen) atoms. The van der Waals surface area contributed by atoms with Gasteiger partial charge < -0.3 is 5.32 Å². The smallest absolute Gasteiger partial charge is 0.0347 e. The van der Waals surface area contributed by atoms with Crippen molar-refractivity contribution in [3.8, 4) is 0 Å². The van der Waals surface area contributed by atoms with Gasteiger partial charge in [-0.05, 0) is 47.4 Å². The number of benzene rings is 1. The molecule has 0 aliphatic rings. The van der Waals surface area contributed by atoms with E-state index in [-0.39, 0.29) is 0 Å². The first-order valence-corrected chi connectivity index (χ1v) is 6.35. The van der Waals surface area contributed by atoms with Crippen LogP contribution < -0.4 is 5.32 Å². The first kappa shape index (κ1) is 10.5. The Balaban J connectivity index is 2.02. The van der Waals surface area contributed by atoms with E-state index in [0.29, 0.717) is 0 Å². The lowest BCUT2D eigenvalue weighted by molar-refractivity contribution is 0.607. The third-order valence-electron chi connectivity index (χ3n) is 2.50. The van der Waals surface area contributed by atoms with E-state index in [4.69, 9.17) is 0 Å². The highest BCUT2D eigenvalue weighted by Crippen LogP contribution is 2.23. The van der Waals surface area contributed by atoms with Gasteiger partial charge in [0.05, 0.1) is 0 Å². The number of nitrogens with one attached hydrogen (secondary N) is 1. The van der Waals surface area contributed by atoms with E-state index in [0.717, 1.165) is 12.5 Å². The van der Waals surface area contributed by atoms with Crippen LogP contribution in [0.2, 0.25) is 0 Å². The molecule has 0 amide bonds. The van der Waals surface area contributed by atoms with Crippen molar-refractivity contribution in [3.63, 3.8) is 0 Å². The van der Waals surface area contributed by atoms with Gasteiger partial charge >= 0.3 is 0 Å². The van der Waals surface area contributed by atoms with E-state index in [1.54, 1.807) is 11.3 Å². The molecule has 0 aliphatic heterocycles. The van der Waals surface area contributed by atoms with E-state index in [2.05, 4.69) is 48.8 Å². The summed E-state index contributed by atoms with van der Waals surface area (Å²) in [6.07, 6.45) is 1.22. The largest absolute Gasteiger partial charge is 0.385 e. The van der Waals surface area contributed by atoms with Gasteiger partial charge in [-0.3, -0.25) is 0 Å². The lowest BCUT2D eigenvalue weighted by atomic mass is 10.1. The summed E-state index contributed by atoms with van der Waals surface area (Å²) in [7, 11) is 0. The standard InChI is InChI=1S/C13H17NS/c1-10(2)5-7-14-12-3-4-13-11(9-12)6-8-15-13/h3-4,6,8-10,14H,5,7H2,1-2H3. The molecule has 1 N–H and O–H groups in total. The van der Waals surface area contributed by atoms with Crippen molar-refractivity contribution in [2.24, 2.45) is 5.92 Å². The second-order valence-electron chi connectivity index (χ2n) is 4.28. The van der Waals surface area contributed by atoms with Crippen LogP contribution in [0.15, 0.2) is 29.6 Å². The highest BCUT2D eigenvalue weighted by molar-refractivity contribution is 7.17. The summed E-state index contributed by atoms with van der Waals surface area (Å²) in [6.45, 7) is 5.57. The molecule has 0 atom stereocenters. The Labute approximate surface area is 95.1 Å². The van der Waals surface area contributed by atoms with Gasteiger partial charge in [-0.2, -0.15) is 0 Å². The molecule has 0 aliphatic carbocycles. The van der Waals surface area contributed by atoms with Gasteiger partial charge in [0, 0.05) is 16.9 Å². The van der Waals surface area contributed by atoms with E-state index in [9.17, 15) is 0 Å². The van der Waals surface area contributed by atoms with Crippen LogP contribution in [-0.2, 0) is 0 Å². The molecule has 2 rings (SSSR count). The van der Waals surface area contributed by atoms with Crippen molar-refractivity contribution < 1.29 is 0 Å². The fraction of sp³-hybridized carbons (Fsp3) is 0.385. The van der Waals surface area contributed by atoms with Gasteiger partial charge in [0.25, 0.3) is 0 Å². The maximum atomic E-state index is 3.46. The van der Waals surface area contributed by atoms with Gasteiger partial charge in [0.1, 0.15) is 0 Å². The fourth-order valence-corrected chi connectivity index (χ4v) is 2.35. The summed E-state index contributed by atoms with van der Waals surface area (Å²) in [5, 5.41) is 6.95. The molecule has 1 heterocycles. The van der Waals surface area contributed by atoms with Crippen LogP contribution in [0, 0.1) is 5.92 Å². The molecule has 0 unspecified atom stereocenters. The second kappa shape index (κ2) is 4.67. The second-order valence-corrected chi connectivity index (χ2v) is 5.23. The quantitative estimate of drug-likeness (QED) is 0.805. The molecule has 0 bridgehead atoms. The van der Waals surface area contributed by atoms with Crippen LogP contribution in [0.4, 0.5) is 5.69 Å². The molecule has 0 fully saturated rings. The Bertz CT molecular complexity index is 431. The molecule has 2 aromatic rings. The Hall–Kier alpha value is -1.02. The number of rotatable bonds is 4. The first-order chi connectivity index (χ1) is 7.25. The maximum Gasteiger partial charge on any atom is 0.0347 e. The minimum Gasteiger partial charge on any atom is -0.385 e. The number of fused-ring (bicyclic) bond motifs is 1. The Morgan fingerprint density at radius 1 is 1.27 bits per heavy atom. The van der Waals surface area contributed by atoms with Crippen molar-refractivity contribution in [2.75, 3.05) is 11.9 Å². The van der Waals surface area contributed by atoms with E-state index in [1.165, 1.54) is 22.2 Å². The van der Waals surface area contributed by atoms with Crippen molar-refractivity contribution in [3.05, 3.63) is 29.6 Å². The van der Waals surface area contributed by atoms with Crippen LogP contribution in [0.1, 0.15) is 20.3 Å². The fourth-order valence-electron chi connectivity index (χ4n) is 1.58. The molecular formula is C13H17NS. The molecule has 0 saturated carbocycles. The number of anilines is 1. The van der Waals surface area contributed by atoms with E-state index < -0.39 is 0 Å². The summed E-state index contributed by atoms with van der Waals surface area (Å²) in [4.78, 5) is 0. The zero-order valence-electron chi connectivity index (χ0n) is 9.29. The zero-order valence-corrected chi connectivity index (χ0v) is 10.1. The van der Waals surface area contributed by atoms with Crippen LogP contribution >= 0.6 is 11.3 Å². The summed E-state index contributed by atoms with van der Waals surface area (Å²) in [6, 6.07) is 8.76. The minimum absolute atomic E-state index is 0.766. The topological polar surface area (TPSA) is 12.0 Å². The average molecular weight is 219 g/mol. The summed E-state index contributed by atoms with van der Waals surface area (Å²) in [5.74, 6) is 0.766. The Kier molecular flexibility index (Phi) is 3.27. The highest BCUT2D eigenvalue weighted by atomic mass is 32.1. The normalized spacial score (nSPS) is 11.1. The number of hydrogen-bond acceptors (Lipinski definition) is 2. The summed E-state index contributed by atoms with van der Waals surface area (Å²) >= 11 is 1.80. The molecule has 80 valence electrons. The van der Waals surface area contributed by atoms with Crippen LogP contribution in [0.3, 0.4) is 0 Å². The predicted octanol–water partition coefficient (Wildman–Crippen LogP) is 4.36. The Morgan fingerprint density at radius 2 is 2.13 bits per heavy atom. The molecule has 1 aromatic heterocycles. The molecule has 0 spiro atoms. The molecule has 0 saturated heterocycles. The zero-order chi connectivity index (χ0) is 10.7. The SMILES string of the molecule is CC(C)CCNc1ccc2sccc2c1. The third-order valence-corrected chi connectivity index (χ3v) is 3.40. The maximum absolute atomic E-state index is 3.46. The molecule has 1 aromatic carbocycles. The minimum atomic E-state index is 0.766. The van der Waals surface area contributed by atoms with Crippen LogP contribution in [-0.4, -0.2) is 6.54 Å². The molecule has 2 heteroatoms. The predicted molar refractivity (Wildman–Crippen MR) is 69.8 cm³/mol. The lowest BCUT2D eigenvalue weighted by Gasteiger charge is -2.08. The molecule has 0 radical (unpaired) electrons. The van der Waals surface area contributed by atoms with Crippen LogP contribution in [0.25, 0.3) is 10.1 Å². The Morgan fingerprint density at radius 3 is 2.93 bits per heavy atom. The molecular weight excluding hydrogens is 202 g/mol. The van der Waals surface area contributed by atoms with Crippen molar-refractivity contribution in [2.45, 2.75) is 20.3 Å². The van der Waals surface area contributed by atoms with Gasteiger partial charge in [0.15, 0.2) is 0 Å². The summed E-state index contributed by atoms with van der Waals surface area (Å²) in [5.41, 5.74) is 1.24. The third kappa shape index (κ3) is 2.72. The van der Waals surface area contributed by atoms with E-state index in [1.807, 2.05) is 0 Å². The van der Waals surface area contributed by atoms with Crippen LogP contribution in [0.5, 0.6) is 0 Å². The first-order valence-electron chi connectivity index (χ1n) is 5.47. The van der Waals surface area contributed by atoms with Gasteiger partial charge in [0.2, 0.25) is 0 Å². The molecule has 1 nitrogen and oxygen atoms in total. The van der Waals surface area contributed by atoms with Crippen molar-refractivity contribution in [1.82, 2.24) is 0 Å². The van der Waals surface area contributed by atoms with Gasteiger partial charge in [-0.25, -0.2) is 0 Å².